The first kappa shape index (κ1) is 13.9. The van der Waals surface area contributed by atoms with Crippen LogP contribution < -0.4 is 10.6 Å². The van der Waals surface area contributed by atoms with Crippen LogP contribution in [0.1, 0.15) is 25.7 Å². The van der Waals surface area contributed by atoms with Gasteiger partial charge in [0.1, 0.15) is 0 Å². The molecular formula is C17H27N3. The number of nitrogens with zero attached hydrogens (tertiary/aromatic N) is 2. The lowest BCUT2D eigenvalue weighted by Crippen LogP contribution is -2.58. The first-order chi connectivity index (χ1) is 9.73. The topological polar surface area (TPSA) is 32.5 Å². The second-order valence-corrected chi connectivity index (χ2v) is 6.57. The fourth-order valence-corrected chi connectivity index (χ4v) is 3.44. The lowest BCUT2D eigenvalue weighted by atomic mass is 9.85. The third-order valence-corrected chi connectivity index (χ3v) is 5.23. The number of para-hydroxylation sites is 1. The van der Waals surface area contributed by atoms with Crippen molar-refractivity contribution in [1.82, 2.24) is 4.90 Å². The molecule has 3 heteroatoms. The highest BCUT2D eigenvalue weighted by molar-refractivity contribution is 5.46. The molecule has 0 radical (unpaired) electrons. The summed E-state index contributed by atoms with van der Waals surface area (Å²) < 4.78 is 0. The SMILES string of the molecule is CN(CC1CC1)C1(CN)CCN(c2ccccc2)CC1. The molecule has 0 atom stereocenters. The van der Waals surface area contributed by atoms with Gasteiger partial charge in [0.15, 0.2) is 0 Å². The van der Waals surface area contributed by atoms with Crippen molar-refractivity contribution in [2.45, 2.75) is 31.2 Å². The molecule has 2 aliphatic rings. The number of piperidine rings is 1. The standard InChI is InChI=1S/C17H27N3/c1-19(13-15-7-8-15)17(14-18)9-11-20(12-10-17)16-5-3-2-4-6-16/h2-6,15H,7-14,18H2,1H3. The van der Waals surface area contributed by atoms with E-state index in [9.17, 15) is 0 Å². The molecule has 1 saturated carbocycles. The van der Waals surface area contributed by atoms with E-state index in [0.717, 1.165) is 25.6 Å². The van der Waals surface area contributed by atoms with Gasteiger partial charge in [0.25, 0.3) is 0 Å². The molecule has 1 aliphatic carbocycles. The molecular weight excluding hydrogens is 246 g/mol. The number of anilines is 1. The van der Waals surface area contributed by atoms with E-state index >= 15 is 0 Å². The minimum Gasteiger partial charge on any atom is -0.371 e. The molecule has 110 valence electrons. The highest BCUT2D eigenvalue weighted by atomic mass is 15.2. The average molecular weight is 273 g/mol. The number of benzene rings is 1. The monoisotopic (exact) mass is 273 g/mol. The Morgan fingerprint density at radius 2 is 1.85 bits per heavy atom. The molecule has 2 fully saturated rings. The van der Waals surface area contributed by atoms with E-state index in [0.29, 0.717) is 0 Å². The largest absolute Gasteiger partial charge is 0.371 e. The number of rotatable bonds is 5. The van der Waals surface area contributed by atoms with Crippen molar-refractivity contribution in [2.24, 2.45) is 11.7 Å². The first-order valence-electron chi connectivity index (χ1n) is 7.95. The van der Waals surface area contributed by atoms with Gasteiger partial charge >= 0.3 is 0 Å². The molecule has 2 N–H and O–H groups in total. The van der Waals surface area contributed by atoms with Crippen molar-refractivity contribution in [2.75, 3.05) is 38.1 Å². The summed E-state index contributed by atoms with van der Waals surface area (Å²) in [5, 5.41) is 0. The Morgan fingerprint density at radius 3 is 2.40 bits per heavy atom. The maximum Gasteiger partial charge on any atom is 0.0366 e. The summed E-state index contributed by atoms with van der Waals surface area (Å²) in [5.74, 6) is 0.940. The zero-order valence-electron chi connectivity index (χ0n) is 12.6. The van der Waals surface area contributed by atoms with Gasteiger partial charge in [-0.3, -0.25) is 4.90 Å². The normalized spacial score (nSPS) is 22.2. The van der Waals surface area contributed by atoms with Crippen molar-refractivity contribution >= 4 is 5.69 Å². The summed E-state index contributed by atoms with van der Waals surface area (Å²) in [6, 6.07) is 10.8. The van der Waals surface area contributed by atoms with Crippen LogP contribution in [0.2, 0.25) is 0 Å². The van der Waals surface area contributed by atoms with Gasteiger partial charge in [-0.15, -0.1) is 0 Å². The molecule has 3 rings (SSSR count). The molecule has 1 saturated heterocycles. The lowest BCUT2D eigenvalue weighted by molar-refractivity contribution is 0.0918. The summed E-state index contributed by atoms with van der Waals surface area (Å²) in [6.07, 6.45) is 5.20. The Balaban J connectivity index is 1.63. The third-order valence-electron chi connectivity index (χ3n) is 5.23. The molecule has 0 unspecified atom stereocenters. The zero-order chi connectivity index (χ0) is 14.0. The summed E-state index contributed by atoms with van der Waals surface area (Å²) in [6.45, 7) is 4.27. The quantitative estimate of drug-likeness (QED) is 0.893. The molecule has 1 aromatic carbocycles. The van der Waals surface area contributed by atoms with Crippen molar-refractivity contribution in [3.63, 3.8) is 0 Å². The number of hydrogen-bond acceptors (Lipinski definition) is 3. The minimum absolute atomic E-state index is 0.230. The third kappa shape index (κ3) is 2.84. The fraction of sp³-hybridized carbons (Fsp3) is 0.647. The van der Waals surface area contributed by atoms with Gasteiger partial charge in [-0.1, -0.05) is 18.2 Å². The van der Waals surface area contributed by atoms with Gasteiger partial charge in [0, 0.05) is 37.4 Å². The van der Waals surface area contributed by atoms with Crippen LogP contribution in [0.5, 0.6) is 0 Å². The minimum atomic E-state index is 0.230. The summed E-state index contributed by atoms with van der Waals surface area (Å²) in [4.78, 5) is 5.06. The Hall–Kier alpha value is -1.06. The van der Waals surface area contributed by atoms with Crippen LogP contribution in [0.15, 0.2) is 30.3 Å². The van der Waals surface area contributed by atoms with Crippen molar-refractivity contribution in [3.8, 4) is 0 Å². The van der Waals surface area contributed by atoms with Crippen molar-refractivity contribution in [1.29, 1.82) is 0 Å². The molecule has 20 heavy (non-hydrogen) atoms. The number of likely N-dealkylation sites (N-methyl/N-ethyl adjacent to an activating group) is 1. The van der Waals surface area contributed by atoms with Gasteiger partial charge in [-0.05, 0) is 50.8 Å². The maximum atomic E-state index is 6.16. The molecule has 1 aliphatic heterocycles. The van der Waals surface area contributed by atoms with Crippen LogP contribution in [-0.2, 0) is 0 Å². The van der Waals surface area contributed by atoms with Gasteiger partial charge in [0.05, 0.1) is 0 Å². The van der Waals surface area contributed by atoms with Crippen LogP contribution in [0.3, 0.4) is 0 Å². The smallest absolute Gasteiger partial charge is 0.0366 e. The van der Waals surface area contributed by atoms with Crippen molar-refractivity contribution in [3.05, 3.63) is 30.3 Å². The predicted molar refractivity (Wildman–Crippen MR) is 85.0 cm³/mol. The van der Waals surface area contributed by atoms with E-state index in [1.54, 1.807) is 0 Å². The molecule has 0 amide bonds. The van der Waals surface area contributed by atoms with Crippen LogP contribution >= 0.6 is 0 Å². The predicted octanol–water partition coefficient (Wildman–Crippen LogP) is 2.33. The first-order valence-corrected chi connectivity index (χ1v) is 7.95. The fourth-order valence-electron chi connectivity index (χ4n) is 3.44. The molecule has 1 heterocycles. The van der Waals surface area contributed by atoms with Gasteiger partial charge < -0.3 is 10.6 Å². The molecule has 0 spiro atoms. The summed E-state index contributed by atoms with van der Waals surface area (Å²) in [7, 11) is 2.28. The Labute approximate surface area is 122 Å². The van der Waals surface area contributed by atoms with E-state index < -0.39 is 0 Å². The molecule has 0 bridgehead atoms. The molecule has 1 aromatic rings. The van der Waals surface area contributed by atoms with Crippen LogP contribution in [-0.4, -0.2) is 43.7 Å². The Kier molecular flexibility index (Phi) is 3.99. The van der Waals surface area contributed by atoms with Crippen LogP contribution in [0.4, 0.5) is 5.69 Å². The van der Waals surface area contributed by atoms with E-state index in [-0.39, 0.29) is 5.54 Å². The molecule has 3 nitrogen and oxygen atoms in total. The van der Waals surface area contributed by atoms with Gasteiger partial charge in [0.2, 0.25) is 0 Å². The second kappa shape index (κ2) is 5.74. The average Bonchev–Trinajstić information content (AvgIpc) is 3.32. The molecule has 0 aromatic heterocycles. The Morgan fingerprint density at radius 1 is 1.20 bits per heavy atom. The number of hydrogen-bond donors (Lipinski definition) is 1. The van der Waals surface area contributed by atoms with Gasteiger partial charge in [-0.25, -0.2) is 0 Å². The zero-order valence-corrected chi connectivity index (χ0v) is 12.6. The highest BCUT2D eigenvalue weighted by Crippen LogP contribution is 2.35. The highest BCUT2D eigenvalue weighted by Gasteiger charge is 2.39. The van der Waals surface area contributed by atoms with E-state index in [1.807, 2.05) is 0 Å². The second-order valence-electron chi connectivity index (χ2n) is 6.57. The van der Waals surface area contributed by atoms with Gasteiger partial charge in [-0.2, -0.15) is 0 Å². The summed E-state index contributed by atoms with van der Waals surface area (Å²) >= 11 is 0. The van der Waals surface area contributed by atoms with E-state index in [1.165, 1.54) is 37.9 Å². The van der Waals surface area contributed by atoms with E-state index in [4.69, 9.17) is 5.73 Å². The Bertz CT molecular complexity index is 419. The maximum absolute atomic E-state index is 6.16. The lowest BCUT2D eigenvalue weighted by Gasteiger charge is -2.47. The summed E-state index contributed by atoms with van der Waals surface area (Å²) in [5.41, 5.74) is 7.74. The van der Waals surface area contributed by atoms with E-state index in [2.05, 4.69) is 47.2 Å². The number of nitrogens with two attached hydrogens (primary N) is 1. The van der Waals surface area contributed by atoms with Crippen LogP contribution in [0, 0.1) is 5.92 Å². The van der Waals surface area contributed by atoms with Crippen LogP contribution in [0.25, 0.3) is 0 Å². The van der Waals surface area contributed by atoms with Crippen molar-refractivity contribution < 1.29 is 0 Å².